The van der Waals surface area contributed by atoms with E-state index in [0.29, 0.717) is 6.54 Å². The number of hydrogen-bond donors (Lipinski definition) is 2. The van der Waals surface area contributed by atoms with E-state index in [9.17, 15) is 4.79 Å². The molecular formula is C20H23N5O. The van der Waals surface area contributed by atoms with Crippen molar-refractivity contribution in [3.8, 4) is 0 Å². The average molecular weight is 349 g/mol. The summed E-state index contributed by atoms with van der Waals surface area (Å²) in [6.45, 7) is 3.25. The topological polar surface area (TPSA) is 61.7 Å². The molecule has 1 aliphatic rings. The molecule has 2 N–H and O–H groups in total. The highest BCUT2D eigenvalue weighted by Gasteiger charge is 2.23. The van der Waals surface area contributed by atoms with Gasteiger partial charge in [0.25, 0.3) is 0 Å². The predicted molar refractivity (Wildman–Crippen MR) is 101 cm³/mol. The maximum absolute atomic E-state index is 12.2. The molecule has 1 saturated heterocycles. The molecule has 0 radical (unpaired) electrons. The van der Waals surface area contributed by atoms with Crippen molar-refractivity contribution in [2.75, 3.05) is 13.1 Å². The number of aromatic nitrogens is 2. The molecule has 6 nitrogen and oxygen atoms in total. The van der Waals surface area contributed by atoms with Crippen LogP contribution in [0.25, 0.3) is 5.65 Å². The van der Waals surface area contributed by atoms with E-state index in [0.717, 1.165) is 37.4 Å². The lowest BCUT2D eigenvalue weighted by atomic mass is 10.2. The second-order valence-electron chi connectivity index (χ2n) is 6.73. The number of fused-ring (bicyclic) bond motifs is 1. The Morgan fingerprint density at radius 2 is 2.00 bits per heavy atom. The van der Waals surface area contributed by atoms with Crippen LogP contribution in [0.2, 0.25) is 0 Å². The minimum absolute atomic E-state index is 0.131. The first kappa shape index (κ1) is 16.6. The highest BCUT2D eigenvalue weighted by atomic mass is 16.2. The Kier molecular flexibility index (Phi) is 4.84. The summed E-state index contributed by atoms with van der Waals surface area (Å²) in [7, 11) is 0. The van der Waals surface area contributed by atoms with E-state index in [2.05, 4.69) is 44.8 Å². The lowest BCUT2D eigenvalue weighted by Crippen LogP contribution is -2.43. The van der Waals surface area contributed by atoms with Crippen molar-refractivity contribution in [2.24, 2.45) is 0 Å². The fourth-order valence-corrected chi connectivity index (χ4v) is 3.42. The molecular weight excluding hydrogens is 326 g/mol. The highest BCUT2D eigenvalue weighted by molar-refractivity contribution is 5.74. The molecule has 4 rings (SSSR count). The summed E-state index contributed by atoms with van der Waals surface area (Å²) in [5, 5.41) is 5.98. The van der Waals surface area contributed by atoms with Gasteiger partial charge in [0.1, 0.15) is 5.65 Å². The van der Waals surface area contributed by atoms with Crippen molar-refractivity contribution in [3.05, 3.63) is 72.2 Å². The van der Waals surface area contributed by atoms with Gasteiger partial charge < -0.3 is 15.0 Å². The number of benzene rings is 1. The number of carbonyl (C=O) groups excluding carboxylic acids is 1. The minimum Gasteiger partial charge on any atom is -0.334 e. The number of urea groups is 1. The molecule has 2 amide bonds. The smallest absolute Gasteiger partial charge is 0.315 e. The summed E-state index contributed by atoms with van der Waals surface area (Å²) in [5.74, 6) is 0. The SMILES string of the molecule is O=C(NCc1cn2ccccc2n1)N[C@H]1CCN(Cc2ccccc2)C1. The Bertz CT molecular complexity index is 843. The van der Waals surface area contributed by atoms with E-state index >= 15 is 0 Å². The molecule has 6 heteroatoms. The third-order valence-electron chi connectivity index (χ3n) is 4.70. The summed E-state index contributed by atoms with van der Waals surface area (Å²) in [6.07, 6.45) is 4.87. The van der Waals surface area contributed by atoms with Crippen LogP contribution < -0.4 is 10.6 Å². The standard InChI is InChI=1S/C20H23N5O/c26-20(21-12-18-15-25-10-5-4-8-19(25)22-18)23-17-9-11-24(14-17)13-16-6-2-1-3-7-16/h1-8,10,15,17H,9,11-14H2,(H2,21,23,26)/t17-/m0/s1. The van der Waals surface area contributed by atoms with Crippen molar-refractivity contribution in [1.29, 1.82) is 0 Å². The third-order valence-corrected chi connectivity index (χ3v) is 4.70. The number of hydrogen-bond acceptors (Lipinski definition) is 3. The van der Waals surface area contributed by atoms with E-state index < -0.39 is 0 Å². The summed E-state index contributed by atoms with van der Waals surface area (Å²) >= 11 is 0. The van der Waals surface area contributed by atoms with Gasteiger partial charge in [0.2, 0.25) is 0 Å². The molecule has 3 aromatic rings. The molecule has 0 spiro atoms. The van der Waals surface area contributed by atoms with Crippen LogP contribution in [-0.2, 0) is 13.1 Å². The molecule has 2 aromatic heterocycles. The molecule has 0 saturated carbocycles. The number of pyridine rings is 1. The van der Waals surface area contributed by atoms with Crippen molar-refractivity contribution in [3.63, 3.8) is 0 Å². The summed E-state index contributed by atoms with van der Waals surface area (Å²) < 4.78 is 1.95. The van der Waals surface area contributed by atoms with Gasteiger partial charge in [0, 0.05) is 38.1 Å². The maximum Gasteiger partial charge on any atom is 0.315 e. The minimum atomic E-state index is -0.131. The van der Waals surface area contributed by atoms with Crippen molar-refractivity contribution in [1.82, 2.24) is 24.9 Å². The summed E-state index contributed by atoms with van der Waals surface area (Å²) in [4.78, 5) is 19.0. The first-order chi connectivity index (χ1) is 12.8. The number of rotatable bonds is 5. The fourth-order valence-electron chi connectivity index (χ4n) is 3.42. The van der Waals surface area contributed by atoms with Crippen LogP contribution in [0, 0.1) is 0 Å². The van der Waals surface area contributed by atoms with Gasteiger partial charge >= 0.3 is 6.03 Å². The van der Waals surface area contributed by atoms with Crippen LogP contribution >= 0.6 is 0 Å². The second-order valence-corrected chi connectivity index (χ2v) is 6.73. The van der Waals surface area contributed by atoms with E-state index in [4.69, 9.17) is 0 Å². The predicted octanol–water partition coefficient (Wildman–Crippen LogP) is 2.41. The van der Waals surface area contributed by atoms with E-state index in [1.54, 1.807) is 0 Å². The molecule has 134 valence electrons. The van der Waals surface area contributed by atoms with E-state index in [1.807, 2.05) is 41.1 Å². The van der Waals surface area contributed by atoms with Gasteiger partial charge in [0.15, 0.2) is 0 Å². The van der Waals surface area contributed by atoms with Crippen LogP contribution in [0.1, 0.15) is 17.7 Å². The van der Waals surface area contributed by atoms with Crippen LogP contribution in [0.4, 0.5) is 4.79 Å². The van der Waals surface area contributed by atoms with Gasteiger partial charge in [-0.25, -0.2) is 9.78 Å². The first-order valence-corrected chi connectivity index (χ1v) is 8.99. The Hall–Kier alpha value is -2.86. The van der Waals surface area contributed by atoms with Crippen LogP contribution in [-0.4, -0.2) is 39.4 Å². The summed E-state index contributed by atoms with van der Waals surface area (Å²) in [5.41, 5.74) is 3.05. The second kappa shape index (κ2) is 7.58. The molecule has 1 aromatic carbocycles. The molecule has 3 heterocycles. The number of nitrogens with one attached hydrogen (secondary N) is 2. The zero-order valence-corrected chi connectivity index (χ0v) is 14.6. The normalized spacial score (nSPS) is 17.5. The lowest BCUT2D eigenvalue weighted by molar-refractivity contribution is 0.235. The molecule has 1 atom stereocenters. The van der Waals surface area contributed by atoms with E-state index in [1.165, 1.54) is 5.56 Å². The monoisotopic (exact) mass is 349 g/mol. The third kappa shape index (κ3) is 4.03. The van der Waals surface area contributed by atoms with Crippen LogP contribution in [0.5, 0.6) is 0 Å². The number of nitrogens with zero attached hydrogens (tertiary/aromatic N) is 3. The van der Waals surface area contributed by atoms with Gasteiger partial charge in [-0.05, 0) is 24.1 Å². The lowest BCUT2D eigenvalue weighted by Gasteiger charge is -2.17. The molecule has 26 heavy (non-hydrogen) atoms. The van der Waals surface area contributed by atoms with Gasteiger partial charge in [-0.1, -0.05) is 36.4 Å². The Morgan fingerprint density at radius 1 is 1.15 bits per heavy atom. The number of imidazole rings is 1. The molecule has 1 fully saturated rings. The molecule has 0 unspecified atom stereocenters. The quantitative estimate of drug-likeness (QED) is 0.744. The van der Waals surface area contributed by atoms with Gasteiger partial charge in [-0.2, -0.15) is 0 Å². The highest BCUT2D eigenvalue weighted by Crippen LogP contribution is 2.13. The largest absolute Gasteiger partial charge is 0.334 e. The van der Waals surface area contributed by atoms with Gasteiger partial charge in [0.05, 0.1) is 12.2 Å². The molecule has 0 bridgehead atoms. The van der Waals surface area contributed by atoms with E-state index in [-0.39, 0.29) is 12.1 Å². The fraction of sp³-hybridized carbons (Fsp3) is 0.300. The van der Waals surface area contributed by atoms with Crippen molar-refractivity contribution < 1.29 is 4.79 Å². The Labute approximate surface area is 152 Å². The Morgan fingerprint density at radius 3 is 2.85 bits per heavy atom. The number of amides is 2. The van der Waals surface area contributed by atoms with Crippen LogP contribution in [0.15, 0.2) is 60.9 Å². The molecule has 0 aliphatic carbocycles. The Balaban J connectivity index is 1.23. The zero-order chi connectivity index (χ0) is 17.8. The van der Waals surface area contributed by atoms with Crippen molar-refractivity contribution >= 4 is 11.7 Å². The maximum atomic E-state index is 12.2. The molecule has 1 aliphatic heterocycles. The van der Waals surface area contributed by atoms with Crippen molar-refractivity contribution in [2.45, 2.75) is 25.6 Å². The van der Waals surface area contributed by atoms with Gasteiger partial charge in [-0.3, -0.25) is 4.90 Å². The average Bonchev–Trinajstić information content (AvgIpc) is 3.27. The number of likely N-dealkylation sites (tertiary alicyclic amines) is 1. The number of carbonyl (C=O) groups is 1. The first-order valence-electron chi connectivity index (χ1n) is 8.99. The zero-order valence-electron chi connectivity index (χ0n) is 14.6. The van der Waals surface area contributed by atoms with Crippen LogP contribution in [0.3, 0.4) is 0 Å². The van der Waals surface area contributed by atoms with Gasteiger partial charge in [-0.15, -0.1) is 0 Å². The summed E-state index contributed by atoms with van der Waals surface area (Å²) in [6, 6.07) is 16.4.